The molecule has 1 aromatic carbocycles. The Bertz CT molecular complexity index is 684. The predicted octanol–water partition coefficient (Wildman–Crippen LogP) is 2.99. The van der Waals surface area contributed by atoms with E-state index in [1.165, 1.54) is 12.8 Å². The lowest BCUT2D eigenvalue weighted by molar-refractivity contribution is -0.0137. The molecule has 110 valence electrons. The summed E-state index contributed by atoms with van der Waals surface area (Å²) in [5, 5.41) is 12.4. The highest BCUT2D eigenvalue weighted by atomic mass is 16.3. The molecule has 2 fully saturated rings. The number of hydrogen-bond donors (Lipinski definition) is 1. The van der Waals surface area contributed by atoms with Gasteiger partial charge in [-0.05, 0) is 56.5 Å². The van der Waals surface area contributed by atoms with E-state index < -0.39 is 5.60 Å². The first-order chi connectivity index (χ1) is 10.2. The van der Waals surface area contributed by atoms with Crippen molar-refractivity contribution in [2.24, 2.45) is 0 Å². The second-order valence-electron chi connectivity index (χ2n) is 6.58. The summed E-state index contributed by atoms with van der Waals surface area (Å²) in [4.78, 5) is 7.03. The number of piperidine rings is 1. The molecular weight excluding hydrogens is 260 g/mol. The molecule has 21 heavy (non-hydrogen) atoms. The lowest BCUT2D eigenvalue weighted by Gasteiger charge is -2.37. The topological polar surface area (TPSA) is 36.4 Å². The van der Waals surface area contributed by atoms with Crippen molar-refractivity contribution in [3.8, 4) is 0 Å². The van der Waals surface area contributed by atoms with Gasteiger partial charge in [0.2, 0.25) is 0 Å². The Hall–Kier alpha value is -1.45. The van der Waals surface area contributed by atoms with E-state index in [9.17, 15) is 5.11 Å². The molecule has 2 saturated heterocycles. The van der Waals surface area contributed by atoms with Crippen molar-refractivity contribution < 1.29 is 5.11 Å². The van der Waals surface area contributed by atoms with Crippen molar-refractivity contribution in [3.63, 3.8) is 0 Å². The van der Waals surface area contributed by atoms with Crippen molar-refractivity contribution >= 4 is 10.9 Å². The summed E-state index contributed by atoms with van der Waals surface area (Å²) in [6, 6.07) is 10.7. The van der Waals surface area contributed by atoms with E-state index >= 15 is 0 Å². The zero-order valence-corrected chi connectivity index (χ0v) is 12.5. The fourth-order valence-electron chi connectivity index (χ4n) is 4.11. The highest BCUT2D eigenvalue weighted by molar-refractivity contribution is 5.79. The van der Waals surface area contributed by atoms with Crippen LogP contribution in [0.2, 0.25) is 0 Å². The minimum atomic E-state index is -0.681. The summed E-state index contributed by atoms with van der Waals surface area (Å²) in [5.41, 5.74) is 2.43. The van der Waals surface area contributed by atoms with Crippen LogP contribution in [0.15, 0.2) is 30.3 Å². The highest BCUT2D eigenvalue weighted by Crippen LogP contribution is 2.42. The molecule has 1 N–H and O–H groups in total. The summed E-state index contributed by atoms with van der Waals surface area (Å²) in [5.74, 6) is 0. The zero-order chi connectivity index (χ0) is 14.4. The number of aryl methyl sites for hydroxylation is 1. The SMILES string of the molecule is Cc1ccc2cc(C3(O)CCN4CCCCC43)ccc2n1. The highest BCUT2D eigenvalue weighted by Gasteiger charge is 2.47. The lowest BCUT2D eigenvalue weighted by atomic mass is 9.82. The molecule has 0 bridgehead atoms. The Morgan fingerprint density at radius 2 is 2.10 bits per heavy atom. The van der Waals surface area contributed by atoms with Gasteiger partial charge in [-0.2, -0.15) is 0 Å². The maximum Gasteiger partial charge on any atom is 0.106 e. The molecule has 2 aliphatic rings. The molecule has 0 spiro atoms. The number of nitrogens with zero attached hydrogens (tertiary/aromatic N) is 2. The van der Waals surface area contributed by atoms with Gasteiger partial charge >= 0.3 is 0 Å². The number of benzene rings is 1. The Kier molecular flexibility index (Phi) is 3.02. The minimum Gasteiger partial charge on any atom is -0.383 e. The van der Waals surface area contributed by atoms with Gasteiger partial charge in [0.25, 0.3) is 0 Å². The van der Waals surface area contributed by atoms with Gasteiger partial charge in [-0.3, -0.25) is 9.88 Å². The van der Waals surface area contributed by atoms with E-state index in [4.69, 9.17) is 0 Å². The van der Waals surface area contributed by atoms with Crippen LogP contribution in [0.1, 0.15) is 36.9 Å². The fraction of sp³-hybridized carbons (Fsp3) is 0.500. The van der Waals surface area contributed by atoms with E-state index in [0.29, 0.717) is 6.04 Å². The van der Waals surface area contributed by atoms with Crippen LogP contribution in [-0.2, 0) is 5.60 Å². The third kappa shape index (κ3) is 2.07. The first-order valence-corrected chi connectivity index (χ1v) is 8.01. The van der Waals surface area contributed by atoms with Crippen LogP contribution in [-0.4, -0.2) is 34.1 Å². The minimum absolute atomic E-state index is 0.294. The molecule has 2 atom stereocenters. The van der Waals surface area contributed by atoms with Crippen molar-refractivity contribution in [1.29, 1.82) is 0 Å². The molecule has 2 unspecified atom stereocenters. The Labute approximate surface area is 125 Å². The van der Waals surface area contributed by atoms with Crippen LogP contribution in [0.4, 0.5) is 0 Å². The molecule has 1 aromatic heterocycles. The number of aliphatic hydroxyl groups is 1. The molecule has 4 rings (SSSR count). The summed E-state index contributed by atoms with van der Waals surface area (Å²) < 4.78 is 0. The molecule has 3 heteroatoms. The Balaban J connectivity index is 1.76. The molecule has 0 saturated carbocycles. The number of hydrogen-bond acceptors (Lipinski definition) is 3. The second kappa shape index (κ2) is 4.79. The van der Waals surface area contributed by atoms with E-state index in [2.05, 4.69) is 34.1 Å². The van der Waals surface area contributed by atoms with Crippen molar-refractivity contribution in [2.75, 3.05) is 13.1 Å². The van der Waals surface area contributed by atoms with Crippen LogP contribution in [0, 0.1) is 6.92 Å². The van der Waals surface area contributed by atoms with Gasteiger partial charge in [-0.1, -0.05) is 18.6 Å². The monoisotopic (exact) mass is 282 g/mol. The standard InChI is InChI=1S/C18H22N2O/c1-13-5-6-14-12-15(7-8-16(14)19-13)18(21)9-11-20-10-3-2-4-17(18)20/h5-8,12,17,21H,2-4,9-11H2,1H3. The smallest absolute Gasteiger partial charge is 0.106 e. The van der Waals surface area contributed by atoms with E-state index in [1.54, 1.807) is 0 Å². The molecule has 0 amide bonds. The molecule has 3 heterocycles. The van der Waals surface area contributed by atoms with Gasteiger partial charge in [0.1, 0.15) is 5.60 Å². The molecule has 2 aliphatic heterocycles. The van der Waals surface area contributed by atoms with Gasteiger partial charge in [-0.25, -0.2) is 0 Å². The third-order valence-corrected chi connectivity index (χ3v) is 5.27. The fourth-order valence-corrected chi connectivity index (χ4v) is 4.11. The van der Waals surface area contributed by atoms with Gasteiger partial charge in [0.15, 0.2) is 0 Å². The van der Waals surface area contributed by atoms with Gasteiger partial charge in [0, 0.05) is 23.7 Å². The quantitative estimate of drug-likeness (QED) is 0.873. The number of fused-ring (bicyclic) bond motifs is 2. The average molecular weight is 282 g/mol. The first kappa shape index (κ1) is 13.2. The number of pyridine rings is 1. The van der Waals surface area contributed by atoms with Crippen LogP contribution in [0.3, 0.4) is 0 Å². The summed E-state index contributed by atoms with van der Waals surface area (Å²) in [6.07, 6.45) is 4.47. The average Bonchev–Trinajstić information content (AvgIpc) is 2.86. The predicted molar refractivity (Wildman–Crippen MR) is 84.2 cm³/mol. The van der Waals surface area contributed by atoms with E-state index in [1.807, 2.05) is 13.0 Å². The van der Waals surface area contributed by atoms with Crippen LogP contribution < -0.4 is 0 Å². The van der Waals surface area contributed by atoms with Crippen LogP contribution in [0.25, 0.3) is 10.9 Å². The normalized spacial score (nSPS) is 29.7. The lowest BCUT2D eigenvalue weighted by Crippen LogP contribution is -2.45. The van der Waals surface area contributed by atoms with Gasteiger partial charge in [-0.15, -0.1) is 0 Å². The number of rotatable bonds is 1. The molecular formula is C18H22N2O. The molecule has 0 radical (unpaired) electrons. The van der Waals surface area contributed by atoms with Crippen molar-refractivity contribution in [2.45, 2.75) is 44.2 Å². The second-order valence-corrected chi connectivity index (χ2v) is 6.58. The molecule has 3 nitrogen and oxygen atoms in total. The van der Waals surface area contributed by atoms with E-state index in [0.717, 1.165) is 48.1 Å². The summed E-state index contributed by atoms with van der Waals surface area (Å²) in [7, 11) is 0. The Morgan fingerprint density at radius 1 is 1.19 bits per heavy atom. The van der Waals surface area contributed by atoms with Crippen molar-refractivity contribution in [3.05, 3.63) is 41.6 Å². The maximum atomic E-state index is 11.3. The largest absolute Gasteiger partial charge is 0.383 e. The van der Waals surface area contributed by atoms with Gasteiger partial charge < -0.3 is 5.11 Å². The molecule has 2 aromatic rings. The maximum absolute atomic E-state index is 11.3. The van der Waals surface area contributed by atoms with Crippen LogP contribution >= 0.6 is 0 Å². The van der Waals surface area contributed by atoms with Crippen molar-refractivity contribution in [1.82, 2.24) is 9.88 Å². The zero-order valence-electron chi connectivity index (χ0n) is 12.5. The third-order valence-electron chi connectivity index (χ3n) is 5.27. The molecule has 0 aliphatic carbocycles. The first-order valence-electron chi connectivity index (χ1n) is 8.01. The summed E-state index contributed by atoms with van der Waals surface area (Å²) in [6.45, 7) is 4.17. The Morgan fingerprint density at radius 3 is 3.00 bits per heavy atom. The van der Waals surface area contributed by atoms with E-state index in [-0.39, 0.29) is 0 Å². The van der Waals surface area contributed by atoms with Crippen LogP contribution in [0.5, 0.6) is 0 Å². The summed E-state index contributed by atoms with van der Waals surface area (Å²) >= 11 is 0. The van der Waals surface area contributed by atoms with Gasteiger partial charge in [0.05, 0.1) is 5.52 Å². The number of aromatic nitrogens is 1.